The van der Waals surface area contributed by atoms with Crippen LogP contribution in [-0.4, -0.2) is 15.1 Å². The summed E-state index contributed by atoms with van der Waals surface area (Å²) in [7, 11) is 0. The maximum Gasteiger partial charge on any atom is 0.270 e. The van der Waals surface area contributed by atoms with Gasteiger partial charge in [0.2, 0.25) is 0 Å². The van der Waals surface area contributed by atoms with Gasteiger partial charge in [-0.05, 0) is 29.4 Å². The number of nitro benzene ring substituents is 1. The molecule has 0 saturated heterocycles. The van der Waals surface area contributed by atoms with Crippen LogP contribution in [-0.2, 0) is 0 Å². The van der Waals surface area contributed by atoms with Gasteiger partial charge in [-0.2, -0.15) is 0 Å². The van der Waals surface area contributed by atoms with Crippen LogP contribution in [0, 0.1) is 10.1 Å². The molecule has 0 radical (unpaired) electrons. The van der Waals surface area contributed by atoms with Crippen LogP contribution in [0.25, 0.3) is 32.8 Å². The lowest BCUT2D eigenvalue weighted by Gasteiger charge is -2.02. The molecule has 0 aliphatic heterocycles. The Balaban J connectivity index is 1.85. The Morgan fingerprint density at radius 3 is 2.67 bits per heavy atom. The summed E-state index contributed by atoms with van der Waals surface area (Å²) in [6, 6.07) is 13.1. The van der Waals surface area contributed by atoms with Crippen molar-refractivity contribution in [3.8, 4) is 21.8 Å². The van der Waals surface area contributed by atoms with Crippen molar-refractivity contribution in [1.82, 2.24) is 4.98 Å². The second-order valence-electron chi connectivity index (χ2n) is 5.59. The van der Waals surface area contributed by atoms with E-state index in [9.17, 15) is 15.3 Å². The molecule has 0 fully saturated rings. The van der Waals surface area contributed by atoms with E-state index in [4.69, 9.17) is 16.0 Å². The minimum atomic E-state index is -0.481. The largest absolute Gasteiger partial charge is 0.435 e. The van der Waals surface area contributed by atoms with Gasteiger partial charge in [-0.1, -0.05) is 23.7 Å². The third kappa shape index (κ3) is 3.27. The van der Waals surface area contributed by atoms with Gasteiger partial charge in [0.05, 0.1) is 16.2 Å². The lowest BCUT2D eigenvalue weighted by Crippen LogP contribution is -2.05. The normalized spacial score (nSPS) is 11.8. The second kappa shape index (κ2) is 6.82. The lowest BCUT2D eigenvalue weighted by atomic mass is 10.1. The number of thiazole rings is 1. The highest BCUT2D eigenvalue weighted by Gasteiger charge is 2.14. The van der Waals surface area contributed by atoms with Crippen LogP contribution in [0.2, 0.25) is 5.02 Å². The van der Waals surface area contributed by atoms with Crippen molar-refractivity contribution >= 4 is 39.6 Å². The summed E-state index contributed by atoms with van der Waals surface area (Å²) in [5.74, 6) is 0. The zero-order valence-electron chi connectivity index (χ0n) is 13.5. The maximum atomic E-state index is 11.0. The fourth-order valence-electron chi connectivity index (χ4n) is 2.61. The van der Waals surface area contributed by atoms with Crippen molar-refractivity contribution in [2.75, 3.05) is 0 Å². The van der Waals surface area contributed by atoms with Gasteiger partial charge in [0.15, 0.2) is 0 Å². The van der Waals surface area contributed by atoms with Gasteiger partial charge in [0, 0.05) is 33.5 Å². The number of fused-ring (bicyclic) bond motifs is 1. The standard InChI is InChI=1S/C18H10ClN3O4S/c19-12-3-1-10(2-4-12)15-9-27-18(20-15)14-8-11-7-13(22(24)25)5-6-16(11)26-17(14)21-23/h1-9,23H/b21-17-. The van der Waals surface area contributed by atoms with Crippen LogP contribution >= 0.6 is 22.9 Å². The summed E-state index contributed by atoms with van der Waals surface area (Å²) in [6.45, 7) is 0. The first kappa shape index (κ1) is 17.2. The molecule has 134 valence electrons. The Morgan fingerprint density at radius 2 is 1.96 bits per heavy atom. The quantitative estimate of drug-likeness (QED) is 0.294. The molecule has 0 bridgehead atoms. The molecule has 7 nitrogen and oxygen atoms in total. The predicted octanol–water partition coefficient (Wildman–Crippen LogP) is 5.07. The highest BCUT2D eigenvalue weighted by Crippen LogP contribution is 2.30. The number of rotatable bonds is 3. The third-order valence-electron chi connectivity index (χ3n) is 3.91. The van der Waals surface area contributed by atoms with Gasteiger partial charge in [0.1, 0.15) is 10.6 Å². The molecule has 0 unspecified atom stereocenters. The molecule has 2 aromatic carbocycles. The Kier molecular flexibility index (Phi) is 4.35. The topological polar surface area (TPSA) is 102 Å². The van der Waals surface area contributed by atoms with Crippen molar-refractivity contribution in [2.24, 2.45) is 5.16 Å². The van der Waals surface area contributed by atoms with E-state index in [1.54, 1.807) is 18.2 Å². The van der Waals surface area contributed by atoms with E-state index in [1.807, 2.05) is 17.5 Å². The van der Waals surface area contributed by atoms with Gasteiger partial charge in [-0.3, -0.25) is 10.1 Å². The van der Waals surface area contributed by atoms with E-state index in [1.165, 1.54) is 29.5 Å². The smallest absolute Gasteiger partial charge is 0.270 e. The van der Waals surface area contributed by atoms with Crippen molar-refractivity contribution in [3.05, 3.63) is 74.6 Å². The maximum absolute atomic E-state index is 11.0. The van der Waals surface area contributed by atoms with Crippen molar-refractivity contribution in [3.63, 3.8) is 0 Å². The first-order valence-electron chi connectivity index (χ1n) is 7.67. The zero-order valence-corrected chi connectivity index (χ0v) is 15.1. The summed E-state index contributed by atoms with van der Waals surface area (Å²) in [6.07, 6.45) is 0. The van der Waals surface area contributed by atoms with E-state index in [2.05, 4.69) is 10.1 Å². The minimum absolute atomic E-state index is 0.0200. The van der Waals surface area contributed by atoms with E-state index < -0.39 is 4.92 Å². The summed E-state index contributed by atoms with van der Waals surface area (Å²) in [4.78, 5) is 15.1. The van der Waals surface area contributed by atoms with Crippen LogP contribution in [0.5, 0.6) is 0 Å². The Bertz CT molecular complexity index is 1230. The van der Waals surface area contributed by atoms with Gasteiger partial charge >= 0.3 is 0 Å². The Labute approximate surface area is 160 Å². The highest BCUT2D eigenvalue weighted by molar-refractivity contribution is 7.13. The lowest BCUT2D eigenvalue weighted by molar-refractivity contribution is -0.384. The van der Waals surface area contributed by atoms with Gasteiger partial charge in [-0.15, -0.1) is 11.3 Å². The number of nitro groups is 1. The number of benzene rings is 2. The minimum Gasteiger partial charge on any atom is -0.435 e. The fourth-order valence-corrected chi connectivity index (χ4v) is 3.57. The molecular weight excluding hydrogens is 390 g/mol. The van der Waals surface area contributed by atoms with E-state index in [-0.39, 0.29) is 11.2 Å². The molecule has 27 heavy (non-hydrogen) atoms. The van der Waals surface area contributed by atoms with E-state index in [0.717, 1.165) is 11.3 Å². The molecule has 0 saturated carbocycles. The van der Waals surface area contributed by atoms with Gasteiger partial charge in [-0.25, -0.2) is 4.98 Å². The summed E-state index contributed by atoms with van der Waals surface area (Å²) >= 11 is 7.25. The number of halogens is 1. The Hall–Kier alpha value is -3.23. The molecule has 0 atom stereocenters. The van der Waals surface area contributed by atoms with Crippen molar-refractivity contribution in [2.45, 2.75) is 0 Å². The second-order valence-corrected chi connectivity index (χ2v) is 6.88. The molecule has 0 amide bonds. The molecule has 2 heterocycles. The molecule has 0 spiro atoms. The average molecular weight is 400 g/mol. The van der Waals surface area contributed by atoms with E-state index >= 15 is 0 Å². The Morgan fingerprint density at radius 1 is 1.19 bits per heavy atom. The zero-order chi connectivity index (χ0) is 19.0. The van der Waals surface area contributed by atoms with Crippen LogP contribution < -0.4 is 5.55 Å². The molecule has 9 heteroatoms. The molecule has 0 aliphatic rings. The van der Waals surface area contributed by atoms with Crippen LogP contribution in [0.1, 0.15) is 0 Å². The number of aromatic nitrogens is 1. The first-order chi connectivity index (χ1) is 13.0. The number of hydrogen-bond donors (Lipinski definition) is 1. The van der Waals surface area contributed by atoms with Crippen LogP contribution in [0.3, 0.4) is 0 Å². The monoisotopic (exact) mass is 399 g/mol. The molecule has 0 aliphatic carbocycles. The summed E-state index contributed by atoms with van der Waals surface area (Å²) in [5.41, 5.74) is 2.35. The molecule has 4 rings (SSSR count). The van der Waals surface area contributed by atoms with Crippen LogP contribution in [0.4, 0.5) is 5.69 Å². The van der Waals surface area contributed by atoms with Crippen molar-refractivity contribution in [1.29, 1.82) is 0 Å². The SMILES string of the molecule is O=[N+]([O-])c1ccc2o/c(=N\O)c(-c3nc(-c4ccc(Cl)cc4)cs3)cc2c1. The van der Waals surface area contributed by atoms with Gasteiger partial charge < -0.3 is 9.62 Å². The van der Waals surface area contributed by atoms with Crippen LogP contribution in [0.15, 0.2) is 63.5 Å². The number of nitrogens with zero attached hydrogens (tertiary/aromatic N) is 3. The fraction of sp³-hybridized carbons (Fsp3) is 0. The third-order valence-corrected chi connectivity index (χ3v) is 5.03. The summed E-state index contributed by atoms with van der Waals surface area (Å²) < 4.78 is 5.57. The molecule has 2 aromatic heterocycles. The van der Waals surface area contributed by atoms with Crippen molar-refractivity contribution < 1.29 is 14.5 Å². The molecule has 1 N–H and O–H groups in total. The summed E-state index contributed by atoms with van der Waals surface area (Å²) in [5, 5.41) is 27.1. The number of non-ortho nitro benzene ring substituents is 1. The first-order valence-corrected chi connectivity index (χ1v) is 8.93. The predicted molar refractivity (Wildman–Crippen MR) is 102 cm³/mol. The molecular formula is C18H10ClN3O4S. The molecule has 4 aromatic rings. The number of hydrogen-bond acceptors (Lipinski definition) is 7. The average Bonchev–Trinajstić information content (AvgIpc) is 3.17. The highest BCUT2D eigenvalue weighted by atomic mass is 35.5. The van der Waals surface area contributed by atoms with E-state index in [0.29, 0.717) is 26.6 Å². The van der Waals surface area contributed by atoms with Gasteiger partial charge in [0.25, 0.3) is 11.2 Å².